The average Bonchev–Trinajstić information content (AvgIpc) is 3.24. The van der Waals surface area contributed by atoms with Crippen molar-refractivity contribution in [3.8, 4) is 5.75 Å². The summed E-state index contributed by atoms with van der Waals surface area (Å²) < 4.78 is 15.7. The molecule has 0 bridgehead atoms. The molecule has 6 heteroatoms. The molecule has 2 heterocycles. The third kappa shape index (κ3) is 2.92. The van der Waals surface area contributed by atoms with E-state index < -0.39 is 12.0 Å². The molecule has 120 valence electrons. The van der Waals surface area contributed by atoms with Gasteiger partial charge in [-0.15, -0.1) is 0 Å². The molecule has 0 N–H and O–H groups in total. The fraction of sp³-hybridized carbons (Fsp3) is 0.294. The molecule has 0 saturated carbocycles. The lowest BCUT2D eigenvalue weighted by atomic mass is 9.91. The highest BCUT2D eigenvalue weighted by atomic mass is 16.7. The predicted octanol–water partition coefficient (Wildman–Crippen LogP) is 2.94. The maximum Gasteiger partial charge on any atom is 0.319 e. The molecule has 2 aromatic rings. The summed E-state index contributed by atoms with van der Waals surface area (Å²) in [5.74, 6) is 0.203. The Balaban J connectivity index is 1.92. The number of esters is 1. The number of furan rings is 1. The van der Waals surface area contributed by atoms with Crippen LogP contribution in [0, 0.1) is 5.92 Å². The van der Waals surface area contributed by atoms with Crippen LogP contribution in [0.5, 0.6) is 5.75 Å². The number of ether oxygens (including phenoxy) is 2. The summed E-state index contributed by atoms with van der Waals surface area (Å²) in [6, 6.07) is 10.8. The Labute approximate surface area is 133 Å². The maximum absolute atomic E-state index is 12.4. The zero-order valence-corrected chi connectivity index (χ0v) is 12.9. The molecule has 0 radical (unpaired) electrons. The Kier molecular flexibility index (Phi) is 4.32. The van der Waals surface area contributed by atoms with E-state index in [4.69, 9.17) is 18.7 Å². The van der Waals surface area contributed by atoms with Crippen molar-refractivity contribution in [2.24, 2.45) is 11.1 Å². The van der Waals surface area contributed by atoms with E-state index >= 15 is 0 Å². The van der Waals surface area contributed by atoms with Gasteiger partial charge in [0.2, 0.25) is 6.10 Å². The van der Waals surface area contributed by atoms with Crippen molar-refractivity contribution in [2.45, 2.75) is 13.0 Å². The van der Waals surface area contributed by atoms with Crippen LogP contribution in [-0.2, 0) is 14.4 Å². The molecule has 0 saturated heterocycles. The lowest BCUT2D eigenvalue weighted by Gasteiger charge is -2.16. The van der Waals surface area contributed by atoms with Crippen molar-refractivity contribution in [1.82, 2.24) is 0 Å². The summed E-state index contributed by atoms with van der Waals surface area (Å²) in [4.78, 5) is 17.9. The largest absolute Gasteiger partial charge is 0.497 e. The van der Waals surface area contributed by atoms with E-state index in [2.05, 4.69) is 5.16 Å². The molecule has 2 atom stereocenters. The molecular formula is C17H17NO5. The summed E-state index contributed by atoms with van der Waals surface area (Å²) in [6.45, 7) is 2.05. The van der Waals surface area contributed by atoms with Gasteiger partial charge in [-0.25, -0.2) is 0 Å². The summed E-state index contributed by atoms with van der Waals surface area (Å²) in [6.07, 6.45) is 0.910. The van der Waals surface area contributed by atoms with Crippen LogP contribution in [0.25, 0.3) is 0 Å². The summed E-state index contributed by atoms with van der Waals surface area (Å²) in [5.41, 5.74) is 1.30. The standard InChI is InChI=1S/C17H17NO5/c1-3-21-17(19)14-15(11-6-8-12(20-2)9-7-11)18-23-16(14)13-5-4-10-22-13/h4-10,14,16H,3H2,1-2H3/t14-,16-/m1/s1. The van der Waals surface area contributed by atoms with Gasteiger partial charge in [-0.2, -0.15) is 0 Å². The molecular weight excluding hydrogens is 298 g/mol. The van der Waals surface area contributed by atoms with Gasteiger partial charge in [-0.3, -0.25) is 4.79 Å². The average molecular weight is 315 g/mol. The molecule has 1 aliphatic heterocycles. The minimum absolute atomic E-state index is 0.288. The summed E-state index contributed by atoms with van der Waals surface area (Å²) in [5, 5.41) is 4.10. The number of benzene rings is 1. The molecule has 3 rings (SSSR count). The van der Waals surface area contributed by atoms with Gasteiger partial charge in [0.1, 0.15) is 23.1 Å². The van der Waals surface area contributed by atoms with Crippen LogP contribution in [0.15, 0.2) is 52.2 Å². The molecule has 1 aliphatic rings. The first-order valence-electron chi connectivity index (χ1n) is 7.32. The fourth-order valence-corrected chi connectivity index (χ4v) is 2.51. The van der Waals surface area contributed by atoms with Crippen LogP contribution in [0.1, 0.15) is 24.4 Å². The van der Waals surface area contributed by atoms with Gasteiger partial charge in [-0.1, -0.05) is 5.16 Å². The molecule has 0 spiro atoms. The van der Waals surface area contributed by atoms with Gasteiger partial charge >= 0.3 is 5.97 Å². The van der Waals surface area contributed by atoms with Crippen molar-refractivity contribution < 1.29 is 23.5 Å². The first-order valence-corrected chi connectivity index (χ1v) is 7.32. The topological polar surface area (TPSA) is 70.3 Å². The van der Waals surface area contributed by atoms with Crippen molar-refractivity contribution in [3.63, 3.8) is 0 Å². The lowest BCUT2D eigenvalue weighted by Crippen LogP contribution is -2.28. The minimum Gasteiger partial charge on any atom is -0.497 e. The predicted molar refractivity (Wildman–Crippen MR) is 82.2 cm³/mol. The number of nitrogens with zero attached hydrogens (tertiary/aromatic N) is 1. The number of oxime groups is 1. The van der Waals surface area contributed by atoms with Crippen LogP contribution in [0.4, 0.5) is 0 Å². The van der Waals surface area contributed by atoms with Gasteiger partial charge in [-0.05, 0) is 43.3 Å². The quantitative estimate of drug-likeness (QED) is 0.793. The van der Waals surface area contributed by atoms with Crippen LogP contribution >= 0.6 is 0 Å². The first-order chi connectivity index (χ1) is 11.2. The molecule has 1 aromatic heterocycles. The molecule has 6 nitrogen and oxygen atoms in total. The molecule has 0 unspecified atom stereocenters. The van der Waals surface area contributed by atoms with Crippen LogP contribution < -0.4 is 4.74 Å². The van der Waals surface area contributed by atoms with E-state index in [0.29, 0.717) is 11.5 Å². The third-order valence-electron chi connectivity index (χ3n) is 3.61. The van der Waals surface area contributed by atoms with Gasteiger partial charge in [0.05, 0.1) is 20.0 Å². The van der Waals surface area contributed by atoms with E-state index in [-0.39, 0.29) is 12.6 Å². The molecule has 0 amide bonds. The highest BCUT2D eigenvalue weighted by molar-refractivity contribution is 6.12. The van der Waals surface area contributed by atoms with Crippen molar-refractivity contribution in [3.05, 3.63) is 54.0 Å². The van der Waals surface area contributed by atoms with Crippen LogP contribution in [0.3, 0.4) is 0 Å². The zero-order chi connectivity index (χ0) is 16.2. The smallest absolute Gasteiger partial charge is 0.319 e. The number of carbonyl (C=O) groups excluding carboxylic acids is 1. The minimum atomic E-state index is -0.672. The number of methoxy groups -OCH3 is 1. The highest BCUT2D eigenvalue weighted by Gasteiger charge is 2.44. The fourth-order valence-electron chi connectivity index (χ4n) is 2.51. The Bertz CT molecular complexity index is 690. The zero-order valence-electron chi connectivity index (χ0n) is 12.9. The van der Waals surface area contributed by atoms with E-state index in [1.54, 1.807) is 38.3 Å². The van der Waals surface area contributed by atoms with Gasteiger partial charge in [0.25, 0.3) is 0 Å². The normalized spacial score (nSPS) is 19.8. The second kappa shape index (κ2) is 6.56. The number of rotatable bonds is 5. The molecule has 0 aliphatic carbocycles. The number of hydrogen-bond donors (Lipinski definition) is 0. The Morgan fingerprint density at radius 2 is 2.04 bits per heavy atom. The molecule has 0 fully saturated rings. The van der Waals surface area contributed by atoms with Gasteiger partial charge in [0.15, 0.2) is 0 Å². The van der Waals surface area contributed by atoms with Gasteiger partial charge in [0, 0.05) is 5.56 Å². The summed E-state index contributed by atoms with van der Waals surface area (Å²) in [7, 11) is 1.60. The van der Waals surface area contributed by atoms with E-state index in [1.807, 2.05) is 12.1 Å². The maximum atomic E-state index is 12.4. The van der Waals surface area contributed by atoms with E-state index in [0.717, 1.165) is 11.3 Å². The SMILES string of the molecule is CCOC(=O)[C@@H]1C(c2ccc(OC)cc2)=NO[C@@H]1c1ccco1. The Hall–Kier alpha value is -2.76. The third-order valence-corrected chi connectivity index (χ3v) is 3.61. The Morgan fingerprint density at radius 1 is 1.26 bits per heavy atom. The second-order valence-corrected chi connectivity index (χ2v) is 4.98. The number of hydrogen-bond acceptors (Lipinski definition) is 6. The summed E-state index contributed by atoms with van der Waals surface area (Å²) >= 11 is 0. The first kappa shape index (κ1) is 15.1. The van der Waals surface area contributed by atoms with Crippen LogP contribution in [0.2, 0.25) is 0 Å². The van der Waals surface area contributed by atoms with Crippen molar-refractivity contribution in [1.29, 1.82) is 0 Å². The van der Waals surface area contributed by atoms with Gasteiger partial charge < -0.3 is 18.7 Å². The van der Waals surface area contributed by atoms with Crippen molar-refractivity contribution >= 4 is 11.7 Å². The van der Waals surface area contributed by atoms with E-state index in [9.17, 15) is 4.79 Å². The molecule has 23 heavy (non-hydrogen) atoms. The Morgan fingerprint density at radius 3 is 2.65 bits per heavy atom. The second-order valence-electron chi connectivity index (χ2n) is 4.98. The van der Waals surface area contributed by atoms with E-state index in [1.165, 1.54) is 6.26 Å². The van der Waals surface area contributed by atoms with Crippen molar-refractivity contribution in [2.75, 3.05) is 13.7 Å². The highest BCUT2D eigenvalue weighted by Crippen LogP contribution is 2.36. The van der Waals surface area contributed by atoms with Crippen LogP contribution in [-0.4, -0.2) is 25.4 Å². The molecule has 1 aromatic carbocycles. The number of carbonyl (C=O) groups is 1. The lowest BCUT2D eigenvalue weighted by molar-refractivity contribution is -0.149. The monoisotopic (exact) mass is 315 g/mol.